The molecule has 66 valence electrons. The van der Waals surface area contributed by atoms with E-state index in [1.807, 2.05) is 0 Å². The van der Waals surface area contributed by atoms with Crippen LogP contribution >= 0.6 is 0 Å². The number of oxazole rings is 1. The Kier molecular flexibility index (Phi) is 2.14. The Morgan fingerprint density at radius 3 is 2.92 bits per heavy atom. The van der Waals surface area contributed by atoms with Gasteiger partial charge in [0.05, 0.1) is 6.20 Å². The minimum Gasteiger partial charge on any atom is -0.479 e. The molecule has 0 aromatic carbocycles. The second-order valence-electron chi connectivity index (χ2n) is 2.72. The van der Waals surface area contributed by atoms with E-state index in [0.717, 1.165) is 0 Å². The van der Waals surface area contributed by atoms with Gasteiger partial charge in [-0.2, -0.15) is 0 Å². The third-order valence-corrected chi connectivity index (χ3v) is 1.46. The number of carboxylic acids is 1. The molecule has 1 heterocycles. The molecular formula is C7H9NO4. The average molecular weight is 171 g/mol. The number of nitrogens with zero attached hydrogens (tertiary/aromatic N) is 1. The van der Waals surface area contributed by atoms with Crippen LogP contribution in [0.15, 0.2) is 17.0 Å². The van der Waals surface area contributed by atoms with Crippen LogP contribution in [0.3, 0.4) is 0 Å². The number of aromatic nitrogens is 1. The maximum absolute atomic E-state index is 10.4. The molecule has 1 aromatic heterocycles. The van der Waals surface area contributed by atoms with E-state index in [-0.39, 0.29) is 6.42 Å². The molecule has 0 amide bonds. The third-order valence-electron chi connectivity index (χ3n) is 1.46. The van der Waals surface area contributed by atoms with E-state index >= 15 is 0 Å². The number of aliphatic carboxylic acids is 1. The zero-order valence-corrected chi connectivity index (χ0v) is 6.52. The van der Waals surface area contributed by atoms with Crippen LogP contribution in [-0.4, -0.2) is 26.8 Å². The standard InChI is InChI=1S/C7H9NO4/c1-7(11,6(9)10)2-5-3-8-4-12-5/h3-4,11H,2H2,1H3,(H,9,10). The molecule has 0 bridgehead atoms. The normalized spacial score (nSPS) is 15.5. The van der Waals surface area contributed by atoms with E-state index in [0.29, 0.717) is 5.76 Å². The van der Waals surface area contributed by atoms with Gasteiger partial charge in [0.1, 0.15) is 5.76 Å². The molecular weight excluding hydrogens is 162 g/mol. The predicted molar refractivity (Wildman–Crippen MR) is 38.5 cm³/mol. The predicted octanol–water partition coefficient (Wildman–Crippen LogP) is 0.0527. The molecule has 0 aliphatic rings. The molecule has 12 heavy (non-hydrogen) atoms. The van der Waals surface area contributed by atoms with Gasteiger partial charge in [-0.05, 0) is 6.92 Å². The second-order valence-corrected chi connectivity index (χ2v) is 2.72. The largest absolute Gasteiger partial charge is 0.479 e. The van der Waals surface area contributed by atoms with Crippen molar-refractivity contribution < 1.29 is 19.4 Å². The maximum Gasteiger partial charge on any atom is 0.335 e. The van der Waals surface area contributed by atoms with Gasteiger partial charge >= 0.3 is 5.97 Å². The van der Waals surface area contributed by atoms with E-state index in [4.69, 9.17) is 9.52 Å². The van der Waals surface area contributed by atoms with Crippen molar-refractivity contribution in [3.05, 3.63) is 18.4 Å². The molecule has 0 radical (unpaired) electrons. The lowest BCUT2D eigenvalue weighted by Gasteiger charge is -2.15. The van der Waals surface area contributed by atoms with Crippen molar-refractivity contribution in [1.82, 2.24) is 4.98 Å². The van der Waals surface area contributed by atoms with Crippen LogP contribution in [0.25, 0.3) is 0 Å². The van der Waals surface area contributed by atoms with Crippen molar-refractivity contribution in [2.45, 2.75) is 18.9 Å². The summed E-state index contributed by atoms with van der Waals surface area (Å²) in [6.45, 7) is 1.21. The van der Waals surface area contributed by atoms with Gasteiger partial charge < -0.3 is 14.6 Å². The first kappa shape index (κ1) is 8.73. The first-order valence-electron chi connectivity index (χ1n) is 3.35. The van der Waals surface area contributed by atoms with Gasteiger partial charge in [-0.25, -0.2) is 9.78 Å². The molecule has 1 aromatic rings. The lowest BCUT2D eigenvalue weighted by Crippen LogP contribution is -2.36. The Bertz CT molecular complexity index is 265. The summed E-state index contributed by atoms with van der Waals surface area (Å²) in [4.78, 5) is 14.0. The van der Waals surface area contributed by atoms with Gasteiger partial charge in [-0.1, -0.05) is 0 Å². The zero-order chi connectivity index (χ0) is 9.19. The Hall–Kier alpha value is -1.36. The first-order chi connectivity index (χ1) is 5.52. The third kappa shape index (κ3) is 1.82. The maximum atomic E-state index is 10.4. The molecule has 1 atom stereocenters. The van der Waals surface area contributed by atoms with Crippen molar-refractivity contribution in [3.63, 3.8) is 0 Å². The highest BCUT2D eigenvalue weighted by Crippen LogP contribution is 2.12. The number of hydrogen-bond acceptors (Lipinski definition) is 4. The van der Waals surface area contributed by atoms with Gasteiger partial charge in [0.25, 0.3) is 0 Å². The molecule has 0 saturated carbocycles. The molecule has 5 nitrogen and oxygen atoms in total. The summed E-state index contributed by atoms with van der Waals surface area (Å²) in [5, 5.41) is 17.8. The number of rotatable bonds is 3. The lowest BCUT2D eigenvalue weighted by molar-refractivity contribution is -0.156. The van der Waals surface area contributed by atoms with Crippen LogP contribution < -0.4 is 0 Å². The van der Waals surface area contributed by atoms with Crippen LogP contribution in [0, 0.1) is 0 Å². The molecule has 5 heteroatoms. The molecule has 1 unspecified atom stereocenters. The summed E-state index contributed by atoms with van der Waals surface area (Å²) in [6, 6.07) is 0. The topological polar surface area (TPSA) is 83.6 Å². The first-order valence-corrected chi connectivity index (χ1v) is 3.35. The van der Waals surface area contributed by atoms with E-state index in [1.165, 1.54) is 19.5 Å². The molecule has 2 N–H and O–H groups in total. The average Bonchev–Trinajstić information content (AvgIpc) is 2.38. The summed E-state index contributed by atoms with van der Waals surface area (Å²) < 4.78 is 4.79. The van der Waals surface area contributed by atoms with Gasteiger partial charge in [0, 0.05) is 6.42 Å². The van der Waals surface area contributed by atoms with Gasteiger partial charge in [0.2, 0.25) is 0 Å². The highest BCUT2D eigenvalue weighted by Gasteiger charge is 2.31. The number of hydrogen-bond donors (Lipinski definition) is 2. The molecule has 0 fully saturated rings. The van der Waals surface area contributed by atoms with E-state index < -0.39 is 11.6 Å². The molecule has 0 saturated heterocycles. The van der Waals surface area contributed by atoms with E-state index in [1.54, 1.807) is 0 Å². The van der Waals surface area contributed by atoms with E-state index in [2.05, 4.69) is 4.98 Å². The summed E-state index contributed by atoms with van der Waals surface area (Å²) >= 11 is 0. The smallest absolute Gasteiger partial charge is 0.335 e. The second kappa shape index (κ2) is 2.94. The van der Waals surface area contributed by atoms with Crippen LogP contribution in [0.4, 0.5) is 0 Å². The summed E-state index contributed by atoms with van der Waals surface area (Å²) in [5.41, 5.74) is -1.79. The molecule has 0 aliphatic carbocycles. The number of carboxylic acid groups (broad SMARTS) is 1. The fourth-order valence-corrected chi connectivity index (χ4v) is 0.744. The summed E-state index contributed by atoms with van der Waals surface area (Å²) in [6.07, 6.45) is 2.48. The Balaban J connectivity index is 2.69. The van der Waals surface area contributed by atoms with Crippen molar-refractivity contribution in [3.8, 4) is 0 Å². The van der Waals surface area contributed by atoms with Gasteiger partial charge in [-0.15, -0.1) is 0 Å². The quantitative estimate of drug-likeness (QED) is 0.671. The number of carbonyl (C=O) groups is 1. The zero-order valence-electron chi connectivity index (χ0n) is 6.52. The Morgan fingerprint density at radius 2 is 2.50 bits per heavy atom. The van der Waals surface area contributed by atoms with Crippen LogP contribution in [0.1, 0.15) is 12.7 Å². The fourth-order valence-electron chi connectivity index (χ4n) is 0.744. The lowest BCUT2D eigenvalue weighted by atomic mass is 10.0. The Morgan fingerprint density at radius 1 is 1.83 bits per heavy atom. The van der Waals surface area contributed by atoms with Crippen molar-refractivity contribution >= 4 is 5.97 Å². The van der Waals surface area contributed by atoms with Crippen molar-refractivity contribution in [2.75, 3.05) is 0 Å². The number of aliphatic hydroxyl groups is 1. The SMILES string of the molecule is CC(O)(Cc1cnco1)C(=O)O. The van der Waals surface area contributed by atoms with E-state index in [9.17, 15) is 9.90 Å². The van der Waals surface area contributed by atoms with Crippen LogP contribution in [0.2, 0.25) is 0 Å². The van der Waals surface area contributed by atoms with Crippen molar-refractivity contribution in [1.29, 1.82) is 0 Å². The molecule has 1 rings (SSSR count). The highest BCUT2D eigenvalue weighted by atomic mass is 16.4. The summed E-state index contributed by atoms with van der Waals surface area (Å²) in [5.74, 6) is -0.929. The monoisotopic (exact) mass is 171 g/mol. The van der Waals surface area contributed by atoms with Gasteiger partial charge in [-0.3, -0.25) is 0 Å². The Labute approximate surface area is 68.7 Å². The van der Waals surface area contributed by atoms with Crippen LogP contribution in [-0.2, 0) is 11.2 Å². The minimum atomic E-state index is -1.79. The fraction of sp³-hybridized carbons (Fsp3) is 0.429. The van der Waals surface area contributed by atoms with Crippen LogP contribution in [0.5, 0.6) is 0 Å². The molecule has 0 aliphatic heterocycles. The summed E-state index contributed by atoms with van der Waals surface area (Å²) in [7, 11) is 0. The van der Waals surface area contributed by atoms with Gasteiger partial charge in [0.15, 0.2) is 12.0 Å². The van der Waals surface area contributed by atoms with Crippen molar-refractivity contribution in [2.24, 2.45) is 0 Å². The molecule has 0 spiro atoms. The minimum absolute atomic E-state index is 0.0810. The highest BCUT2D eigenvalue weighted by molar-refractivity contribution is 5.76.